The average Bonchev–Trinajstić information content (AvgIpc) is 3.33. The quantitative estimate of drug-likeness (QED) is 0.188. The minimum Gasteiger partial charge on any atom is -0.463 e. The number of primary sulfonamides is 1. The fourth-order valence-corrected chi connectivity index (χ4v) is 5.75. The monoisotopic (exact) mass is 654 g/mol. The van der Waals surface area contributed by atoms with Crippen molar-refractivity contribution in [3.05, 3.63) is 35.7 Å². The second-order valence-electron chi connectivity index (χ2n) is 9.17. The highest BCUT2D eigenvalue weighted by molar-refractivity contribution is 7.99. The molecule has 16 nitrogen and oxygen atoms in total. The number of sulfonamides is 1. The van der Waals surface area contributed by atoms with Crippen molar-refractivity contribution in [3.63, 3.8) is 0 Å². The van der Waals surface area contributed by atoms with E-state index in [0.29, 0.717) is 11.4 Å². The lowest BCUT2D eigenvalue weighted by Crippen LogP contribution is -2.61. The van der Waals surface area contributed by atoms with Crippen LogP contribution in [-0.2, 0) is 58.6 Å². The fourth-order valence-electron chi connectivity index (χ4n) is 4.10. The van der Waals surface area contributed by atoms with Crippen molar-refractivity contribution in [1.29, 1.82) is 0 Å². The summed E-state index contributed by atoms with van der Waals surface area (Å²) in [4.78, 5) is 47.5. The number of hydrogen-bond acceptors (Lipinski definition) is 15. The molecule has 0 radical (unpaired) electrons. The molecule has 2 aromatic rings. The van der Waals surface area contributed by atoms with Gasteiger partial charge in [-0.25, -0.2) is 18.2 Å². The van der Waals surface area contributed by atoms with Crippen LogP contribution in [0.3, 0.4) is 0 Å². The van der Waals surface area contributed by atoms with Crippen LogP contribution in [0.4, 0.5) is 0 Å². The molecule has 1 saturated heterocycles. The highest BCUT2D eigenvalue weighted by Gasteiger charge is 2.52. The molecule has 44 heavy (non-hydrogen) atoms. The molecule has 1 fully saturated rings. The van der Waals surface area contributed by atoms with Crippen molar-refractivity contribution < 1.29 is 56.4 Å². The van der Waals surface area contributed by atoms with Gasteiger partial charge in [-0.3, -0.25) is 19.2 Å². The average molecular weight is 655 g/mol. The van der Waals surface area contributed by atoms with E-state index in [9.17, 15) is 32.7 Å². The van der Waals surface area contributed by atoms with E-state index in [4.69, 9.17) is 28.8 Å². The van der Waals surface area contributed by atoms with Gasteiger partial charge in [-0.05, 0) is 30.2 Å². The molecule has 5 atom stereocenters. The molecule has 3 N–H and O–H groups in total. The number of hydrogen-bond donors (Lipinski definition) is 2. The van der Waals surface area contributed by atoms with Gasteiger partial charge in [-0.2, -0.15) is 0 Å². The number of aliphatic hydroxyl groups is 1. The molecule has 1 aromatic heterocycles. The number of ether oxygens (including phenoxy) is 5. The largest absolute Gasteiger partial charge is 0.463 e. The maximum atomic E-state index is 12.1. The number of nitrogens with two attached hydrogens (primary N) is 1. The van der Waals surface area contributed by atoms with E-state index in [1.54, 1.807) is 0 Å². The van der Waals surface area contributed by atoms with Crippen LogP contribution >= 0.6 is 11.8 Å². The van der Waals surface area contributed by atoms with Crippen molar-refractivity contribution >= 4 is 45.7 Å². The first-order chi connectivity index (χ1) is 20.7. The van der Waals surface area contributed by atoms with Crippen LogP contribution in [0.15, 0.2) is 29.2 Å². The van der Waals surface area contributed by atoms with Gasteiger partial charge in [-0.15, -0.1) is 16.9 Å². The standard InChI is InChI=1S/C26H30N4O12S2/c1-14(32)38-12-22-23(39-15(2)33)24(40-16(3)34)25(41-17(4)35)26(42-22)43-13-20-21(6-5-11-31)30(29-28-20)18-7-9-19(10-8-18)44(27,36)37/h7-10,22-26,31H,11-13H2,1-4H3,(H2,27,36,37)/t22-,23-,24+,25-,26+/m1/s1. The summed E-state index contributed by atoms with van der Waals surface area (Å²) in [6.45, 7) is 3.68. The third-order valence-corrected chi connectivity index (χ3v) is 7.85. The van der Waals surface area contributed by atoms with Crippen LogP contribution in [0.5, 0.6) is 0 Å². The van der Waals surface area contributed by atoms with Crippen molar-refractivity contribution in [2.75, 3.05) is 13.2 Å². The maximum Gasteiger partial charge on any atom is 0.303 e. The summed E-state index contributed by atoms with van der Waals surface area (Å²) in [6, 6.07) is 5.44. The zero-order valence-electron chi connectivity index (χ0n) is 24.0. The highest BCUT2D eigenvalue weighted by atomic mass is 32.2. The molecule has 1 aliphatic rings. The third kappa shape index (κ3) is 9.24. The molecule has 0 amide bonds. The number of benzene rings is 1. The number of esters is 4. The minimum absolute atomic E-state index is 0.0123. The summed E-state index contributed by atoms with van der Waals surface area (Å²) in [7, 11) is -3.94. The summed E-state index contributed by atoms with van der Waals surface area (Å²) in [5.41, 5.74) is -0.163. The van der Waals surface area contributed by atoms with E-state index in [2.05, 4.69) is 22.2 Å². The van der Waals surface area contributed by atoms with Gasteiger partial charge in [0.15, 0.2) is 18.3 Å². The minimum atomic E-state index is -3.94. The summed E-state index contributed by atoms with van der Waals surface area (Å²) in [5, 5.41) is 22.8. The van der Waals surface area contributed by atoms with Crippen LogP contribution in [0.1, 0.15) is 39.1 Å². The second kappa shape index (κ2) is 15.1. The van der Waals surface area contributed by atoms with Crippen LogP contribution in [0, 0.1) is 11.8 Å². The van der Waals surface area contributed by atoms with Crippen LogP contribution in [-0.4, -0.2) is 95.5 Å². The second-order valence-corrected chi connectivity index (χ2v) is 11.8. The smallest absolute Gasteiger partial charge is 0.303 e. The molecule has 2 heterocycles. The molecule has 0 saturated carbocycles. The lowest BCUT2D eigenvalue weighted by molar-refractivity contribution is -0.237. The van der Waals surface area contributed by atoms with Crippen molar-refractivity contribution in [1.82, 2.24) is 15.0 Å². The number of aromatic nitrogens is 3. The Labute approximate surface area is 256 Å². The van der Waals surface area contributed by atoms with Crippen LogP contribution < -0.4 is 5.14 Å². The van der Waals surface area contributed by atoms with Gasteiger partial charge in [0.25, 0.3) is 0 Å². The lowest BCUT2D eigenvalue weighted by atomic mass is 9.99. The number of carbonyl (C=O) groups excluding carboxylic acids is 4. The Kier molecular flexibility index (Phi) is 11.8. The summed E-state index contributed by atoms with van der Waals surface area (Å²) < 4.78 is 52.1. The van der Waals surface area contributed by atoms with E-state index < -0.39 is 70.4 Å². The van der Waals surface area contributed by atoms with Gasteiger partial charge in [0.2, 0.25) is 10.0 Å². The Morgan fingerprint density at radius 3 is 2.11 bits per heavy atom. The third-order valence-electron chi connectivity index (χ3n) is 5.77. The molecular weight excluding hydrogens is 624 g/mol. The first-order valence-corrected chi connectivity index (χ1v) is 15.4. The molecule has 0 unspecified atom stereocenters. The normalized spacial score (nSPS) is 21.4. The van der Waals surface area contributed by atoms with Crippen LogP contribution in [0.2, 0.25) is 0 Å². The number of thioether (sulfide) groups is 1. The Morgan fingerprint density at radius 1 is 0.977 bits per heavy atom. The van der Waals surface area contributed by atoms with Crippen molar-refractivity contribution in [2.24, 2.45) is 5.14 Å². The Morgan fingerprint density at radius 2 is 1.57 bits per heavy atom. The molecule has 238 valence electrons. The topological polar surface area (TPSA) is 226 Å². The molecule has 0 aliphatic carbocycles. The molecule has 3 rings (SSSR count). The highest BCUT2D eigenvalue weighted by Crippen LogP contribution is 2.36. The molecule has 0 bridgehead atoms. The van der Waals surface area contributed by atoms with Crippen LogP contribution in [0.25, 0.3) is 5.69 Å². The van der Waals surface area contributed by atoms with Gasteiger partial charge >= 0.3 is 23.9 Å². The zero-order chi connectivity index (χ0) is 32.6. The Bertz CT molecular complexity index is 1550. The molecule has 1 aliphatic heterocycles. The molecular formula is C26H30N4O12S2. The van der Waals surface area contributed by atoms with Crippen molar-refractivity contribution in [3.8, 4) is 17.5 Å². The maximum absolute atomic E-state index is 12.1. The van der Waals surface area contributed by atoms with Gasteiger partial charge in [-0.1, -0.05) is 11.1 Å². The van der Waals surface area contributed by atoms with E-state index in [0.717, 1.165) is 32.5 Å². The van der Waals surface area contributed by atoms with Gasteiger partial charge in [0.05, 0.1) is 10.6 Å². The summed E-state index contributed by atoms with van der Waals surface area (Å²) >= 11 is 1.04. The van der Waals surface area contributed by atoms with Gasteiger partial charge < -0.3 is 28.8 Å². The fraction of sp³-hybridized carbons (Fsp3) is 0.462. The van der Waals surface area contributed by atoms with E-state index in [1.165, 1.54) is 35.9 Å². The number of rotatable bonds is 10. The van der Waals surface area contributed by atoms with Gasteiger partial charge in [0.1, 0.15) is 36.1 Å². The SMILES string of the molecule is CC(=O)OC[C@H]1O[C@@H](SCc2nnn(-c3ccc(S(N)(=O)=O)cc3)c2C#CCO)[C@H](OC(C)=O)[C@@H](OC(C)=O)[C@@H]1OC(C)=O. The number of nitrogens with zero attached hydrogens (tertiary/aromatic N) is 3. The van der Waals surface area contributed by atoms with E-state index in [1.807, 2.05) is 0 Å². The predicted octanol–water partition coefficient (Wildman–Crippen LogP) is -0.425. The van der Waals surface area contributed by atoms with Gasteiger partial charge in [0, 0.05) is 33.4 Å². The summed E-state index contributed by atoms with van der Waals surface area (Å²) in [6.07, 6.45) is -5.05. The number of aliphatic hydroxyl groups excluding tert-OH is 1. The molecule has 0 spiro atoms. The first kappa shape index (κ1) is 34.5. The summed E-state index contributed by atoms with van der Waals surface area (Å²) in [5.74, 6) is 2.39. The van der Waals surface area contributed by atoms with E-state index >= 15 is 0 Å². The molecule has 18 heteroatoms. The predicted molar refractivity (Wildman–Crippen MR) is 150 cm³/mol. The van der Waals surface area contributed by atoms with E-state index in [-0.39, 0.29) is 22.9 Å². The lowest BCUT2D eigenvalue weighted by Gasteiger charge is -2.44. The molecule has 1 aromatic carbocycles. The first-order valence-electron chi connectivity index (χ1n) is 12.8. The Hall–Kier alpha value is -4.02. The zero-order valence-corrected chi connectivity index (χ0v) is 25.6. The number of carbonyl (C=O) groups is 4. The van der Waals surface area contributed by atoms with Crippen molar-refractivity contribution in [2.45, 2.75) is 68.2 Å². The Balaban J connectivity index is 1.99.